The molecule has 1 fully saturated rings. The molecule has 0 spiro atoms. The Morgan fingerprint density at radius 2 is 2.33 bits per heavy atom. The first-order chi connectivity index (χ1) is 5.84. The maximum absolute atomic E-state index is 11.2. The average Bonchev–Trinajstić information content (AvgIpc) is 1.95. The zero-order valence-electron chi connectivity index (χ0n) is 7.31. The van der Waals surface area contributed by atoms with E-state index in [-0.39, 0.29) is 5.91 Å². The van der Waals surface area contributed by atoms with Crippen LogP contribution < -0.4 is 5.32 Å². The number of nitrogens with one attached hydrogen (secondary N) is 1. The van der Waals surface area contributed by atoms with Crippen LogP contribution >= 0.6 is 0 Å². The van der Waals surface area contributed by atoms with Gasteiger partial charge in [-0.15, -0.1) is 12.3 Å². The molecule has 1 aliphatic rings. The number of carbonyl (C=O) groups is 1. The number of hydrogen-bond donors (Lipinski definition) is 1. The van der Waals surface area contributed by atoms with Crippen LogP contribution in [0, 0.1) is 18.3 Å². The molecule has 66 valence electrons. The lowest BCUT2D eigenvalue weighted by Crippen LogP contribution is -2.34. The van der Waals surface area contributed by atoms with Crippen molar-refractivity contribution >= 4 is 5.91 Å². The van der Waals surface area contributed by atoms with E-state index >= 15 is 0 Å². The topological polar surface area (TPSA) is 29.1 Å². The molecule has 1 saturated carbocycles. The fourth-order valence-electron chi connectivity index (χ4n) is 1.22. The maximum atomic E-state index is 11.2. The molecule has 1 aliphatic carbocycles. The Hall–Kier alpha value is -0.970. The number of terminal acetylenes is 1. The van der Waals surface area contributed by atoms with Crippen LogP contribution in [0.4, 0.5) is 0 Å². The molecule has 0 aromatic carbocycles. The van der Waals surface area contributed by atoms with Crippen molar-refractivity contribution in [1.29, 1.82) is 0 Å². The minimum Gasteiger partial charge on any atom is -0.356 e. The molecule has 1 N–H and O–H groups in total. The van der Waals surface area contributed by atoms with Gasteiger partial charge in [-0.2, -0.15) is 0 Å². The second-order valence-electron chi connectivity index (χ2n) is 3.23. The van der Waals surface area contributed by atoms with Crippen molar-refractivity contribution in [3.8, 4) is 12.3 Å². The summed E-state index contributed by atoms with van der Waals surface area (Å²) >= 11 is 0. The Balaban J connectivity index is 1.99. The Morgan fingerprint density at radius 3 is 2.83 bits per heavy atom. The molecule has 0 aromatic rings. The lowest BCUT2D eigenvalue weighted by Gasteiger charge is -2.23. The third kappa shape index (κ3) is 2.58. The molecule has 0 saturated heterocycles. The van der Waals surface area contributed by atoms with Crippen LogP contribution in [0.2, 0.25) is 0 Å². The smallest absolute Gasteiger partial charge is 0.223 e. The van der Waals surface area contributed by atoms with E-state index in [1.165, 1.54) is 6.42 Å². The molecular weight excluding hydrogens is 150 g/mol. The minimum absolute atomic E-state index is 0.221. The molecule has 2 heteroatoms. The van der Waals surface area contributed by atoms with Gasteiger partial charge in [-0.1, -0.05) is 6.42 Å². The van der Waals surface area contributed by atoms with Gasteiger partial charge in [0.25, 0.3) is 0 Å². The fourth-order valence-corrected chi connectivity index (χ4v) is 1.22. The Labute approximate surface area is 73.7 Å². The van der Waals surface area contributed by atoms with Crippen LogP contribution in [-0.4, -0.2) is 12.5 Å². The predicted molar refractivity (Wildman–Crippen MR) is 48.4 cm³/mol. The molecule has 0 unspecified atom stereocenters. The van der Waals surface area contributed by atoms with Crippen LogP contribution in [0.25, 0.3) is 0 Å². The monoisotopic (exact) mass is 165 g/mol. The van der Waals surface area contributed by atoms with Crippen molar-refractivity contribution in [2.45, 2.75) is 32.1 Å². The Morgan fingerprint density at radius 1 is 1.58 bits per heavy atom. The minimum atomic E-state index is 0.221. The molecule has 0 aliphatic heterocycles. The van der Waals surface area contributed by atoms with E-state index < -0.39 is 0 Å². The lowest BCUT2D eigenvalue weighted by atomic mass is 9.85. The largest absolute Gasteiger partial charge is 0.356 e. The number of carbonyl (C=O) groups excluding carboxylic acids is 1. The van der Waals surface area contributed by atoms with Gasteiger partial charge in [0, 0.05) is 18.9 Å². The zero-order valence-corrected chi connectivity index (χ0v) is 7.31. The first-order valence-electron chi connectivity index (χ1n) is 4.56. The van der Waals surface area contributed by atoms with Crippen molar-refractivity contribution in [3.05, 3.63) is 0 Å². The summed E-state index contributed by atoms with van der Waals surface area (Å²) in [4.78, 5) is 11.2. The number of rotatable bonds is 4. The summed E-state index contributed by atoms with van der Waals surface area (Å²) in [7, 11) is 0. The zero-order chi connectivity index (χ0) is 8.81. The molecule has 0 heterocycles. The van der Waals surface area contributed by atoms with Crippen LogP contribution in [0.15, 0.2) is 0 Å². The predicted octanol–water partition coefficient (Wildman–Crippen LogP) is 1.32. The summed E-state index contributed by atoms with van der Waals surface area (Å²) in [6.45, 7) is 0.736. The van der Waals surface area contributed by atoms with Gasteiger partial charge in [0.1, 0.15) is 0 Å². The van der Waals surface area contributed by atoms with Crippen LogP contribution in [0.5, 0.6) is 0 Å². The van der Waals surface area contributed by atoms with Crippen molar-refractivity contribution in [2.75, 3.05) is 6.54 Å². The SMILES string of the molecule is C#CCCCNC(=O)C1CCC1. The first kappa shape index (κ1) is 9.12. The molecule has 0 aromatic heterocycles. The molecule has 0 bridgehead atoms. The van der Waals surface area contributed by atoms with Crippen LogP contribution in [-0.2, 0) is 4.79 Å². The summed E-state index contributed by atoms with van der Waals surface area (Å²) in [5, 5.41) is 2.88. The van der Waals surface area contributed by atoms with Crippen molar-refractivity contribution < 1.29 is 4.79 Å². The third-order valence-electron chi connectivity index (χ3n) is 2.27. The van der Waals surface area contributed by atoms with Crippen molar-refractivity contribution in [2.24, 2.45) is 5.92 Å². The molecule has 0 radical (unpaired) electrons. The maximum Gasteiger partial charge on any atom is 0.223 e. The summed E-state index contributed by atoms with van der Waals surface area (Å²) in [6, 6.07) is 0. The normalized spacial score (nSPS) is 16.2. The van der Waals surface area contributed by atoms with Crippen LogP contribution in [0.1, 0.15) is 32.1 Å². The van der Waals surface area contributed by atoms with E-state index in [0.29, 0.717) is 5.92 Å². The molecule has 1 rings (SSSR count). The number of unbranched alkanes of at least 4 members (excludes halogenated alkanes) is 1. The summed E-state index contributed by atoms with van der Waals surface area (Å²) < 4.78 is 0. The van der Waals surface area contributed by atoms with E-state index in [9.17, 15) is 4.79 Å². The first-order valence-corrected chi connectivity index (χ1v) is 4.56. The van der Waals surface area contributed by atoms with Gasteiger partial charge in [0.2, 0.25) is 5.91 Å². The molecule has 0 atom stereocenters. The number of amides is 1. The fraction of sp³-hybridized carbons (Fsp3) is 0.700. The summed E-state index contributed by atoms with van der Waals surface area (Å²) in [5.74, 6) is 3.07. The van der Waals surface area contributed by atoms with Gasteiger partial charge in [0.15, 0.2) is 0 Å². The highest BCUT2D eigenvalue weighted by molar-refractivity contribution is 5.79. The Bertz CT molecular complexity index is 189. The van der Waals surface area contributed by atoms with E-state index in [0.717, 1.165) is 32.2 Å². The van der Waals surface area contributed by atoms with E-state index in [1.807, 2.05) is 0 Å². The summed E-state index contributed by atoms with van der Waals surface area (Å²) in [6.07, 6.45) is 10.1. The molecule has 2 nitrogen and oxygen atoms in total. The lowest BCUT2D eigenvalue weighted by molar-refractivity contribution is -0.127. The standard InChI is InChI=1S/C10H15NO/c1-2-3-4-8-11-10(12)9-6-5-7-9/h1,9H,3-8H2,(H,11,12). The van der Waals surface area contributed by atoms with Crippen molar-refractivity contribution in [1.82, 2.24) is 5.32 Å². The van der Waals surface area contributed by atoms with Gasteiger partial charge in [-0.3, -0.25) is 4.79 Å². The van der Waals surface area contributed by atoms with E-state index in [2.05, 4.69) is 11.2 Å². The highest BCUT2D eigenvalue weighted by Crippen LogP contribution is 2.25. The highest BCUT2D eigenvalue weighted by atomic mass is 16.1. The quantitative estimate of drug-likeness (QED) is 0.494. The average molecular weight is 165 g/mol. The van der Waals surface area contributed by atoms with Gasteiger partial charge in [-0.25, -0.2) is 0 Å². The number of hydrogen-bond acceptors (Lipinski definition) is 1. The second-order valence-corrected chi connectivity index (χ2v) is 3.23. The molecule has 12 heavy (non-hydrogen) atoms. The summed E-state index contributed by atoms with van der Waals surface area (Å²) in [5.41, 5.74) is 0. The van der Waals surface area contributed by atoms with Gasteiger partial charge >= 0.3 is 0 Å². The third-order valence-corrected chi connectivity index (χ3v) is 2.27. The van der Waals surface area contributed by atoms with Gasteiger partial charge < -0.3 is 5.32 Å². The second kappa shape index (κ2) is 4.82. The Kier molecular flexibility index (Phi) is 3.66. The highest BCUT2D eigenvalue weighted by Gasteiger charge is 2.24. The van der Waals surface area contributed by atoms with Crippen molar-refractivity contribution in [3.63, 3.8) is 0 Å². The molecular formula is C10H15NO. The van der Waals surface area contributed by atoms with Crippen LogP contribution in [0.3, 0.4) is 0 Å². The van der Waals surface area contributed by atoms with Gasteiger partial charge in [-0.05, 0) is 19.3 Å². The van der Waals surface area contributed by atoms with E-state index in [4.69, 9.17) is 6.42 Å². The molecule has 1 amide bonds. The van der Waals surface area contributed by atoms with Gasteiger partial charge in [0.05, 0.1) is 0 Å². The van der Waals surface area contributed by atoms with E-state index in [1.54, 1.807) is 0 Å².